The van der Waals surface area contributed by atoms with E-state index in [1.165, 1.54) is 19.3 Å². The molecule has 3 nitrogen and oxygen atoms in total. The Morgan fingerprint density at radius 3 is 2.27 bits per heavy atom. The molecule has 3 saturated carbocycles. The van der Waals surface area contributed by atoms with Crippen molar-refractivity contribution in [3.8, 4) is 0 Å². The monoisotopic (exact) mass is 544 g/mol. The van der Waals surface area contributed by atoms with Crippen LogP contribution >= 0.6 is 0 Å². The number of esters is 1. The van der Waals surface area contributed by atoms with Crippen LogP contribution in [0.15, 0.2) is 53.6 Å². The van der Waals surface area contributed by atoms with Gasteiger partial charge in [-0.2, -0.15) is 0 Å². The highest BCUT2D eigenvalue weighted by molar-refractivity contribution is 5.89. The van der Waals surface area contributed by atoms with Crippen molar-refractivity contribution in [2.75, 3.05) is 6.61 Å². The highest BCUT2D eigenvalue weighted by Crippen LogP contribution is 2.74. The van der Waals surface area contributed by atoms with Crippen molar-refractivity contribution in [1.82, 2.24) is 0 Å². The molecule has 3 heteroatoms. The van der Waals surface area contributed by atoms with E-state index in [1.54, 1.807) is 11.1 Å². The van der Waals surface area contributed by atoms with Crippen LogP contribution in [0.5, 0.6) is 0 Å². The molecule has 0 radical (unpaired) electrons. The first-order valence-corrected chi connectivity index (χ1v) is 16.0. The van der Waals surface area contributed by atoms with E-state index in [-0.39, 0.29) is 39.1 Å². The first kappa shape index (κ1) is 28.3. The van der Waals surface area contributed by atoms with Gasteiger partial charge in [0.15, 0.2) is 0 Å². The number of carbonyl (C=O) groups is 1. The Labute approximate surface area is 242 Å². The third kappa shape index (κ3) is 3.81. The van der Waals surface area contributed by atoms with Gasteiger partial charge in [0.1, 0.15) is 6.10 Å². The third-order valence-electron chi connectivity index (χ3n) is 13.9. The Morgan fingerprint density at radius 1 is 0.875 bits per heavy atom. The molecule has 218 valence electrons. The van der Waals surface area contributed by atoms with Crippen LogP contribution < -0.4 is 0 Å². The average molecular weight is 545 g/mol. The molecule has 0 amide bonds. The summed E-state index contributed by atoms with van der Waals surface area (Å²) in [6.45, 7) is 17.6. The molecule has 5 aliphatic rings. The summed E-state index contributed by atoms with van der Waals surface area (Å²) in [6, 6.07) is 9.46. The van der Waals surface area contributed by atoms with Gasteiger partial charge in [-0.25, -0.2) is 4.79 Å². The molecule has 0 heterocycles. The number of hydrogen-bond acceptors (Lipinski definition) is 3. The second-order valence-corrected chi connectivity index (χ2v) is 16.4. The lowest BCUT2D eigenvalue weighted by Crippen LogP contribution is -2.61. The molecule has 1 N–H and O–H groups in total. The highest BCUT2D eigenvalue weighted by Gasteiger charge is 2.66. The van der Waals surface area contributed by atoms with Crippen LogP contribution in [0.4, 0.5) is 0 Å². The molecular weight excluding hydrogens is 492 g/mol. The molecular formula is C37H52O3. The van der Waals surface area contributed by atoms with Crippen LogP contribution in [0.1, 0.15) is 117 Å². The highest BCUT2D eigenvalue weighted by atomic mass is 16.5. The van der Waals surface area contributed by atoms with Crippen molar-refractivity contribution >= 4 is 5.97 Å². The van der Waals surface area contributed by atoms with E-state index >= 15 is 0 Å². The molecule has 1 aromatic carbocycles. The van der Waals surface area contributed by atoms with E-state index in [9.17, 15) is 9.90 Å². The van der Waals surface area contributed by atoms with E-state index in [1.807, 2.05) is 30.3 Å². The lowest BCUT2D eigenvalue weighted by molar-refractivity contribution is -0.150. The smallest absolute Gasteiger partial charge is 0.338 e. The Morgan fingerprint density at radius 2 is 1.57 bits per heavy atom. The second kappa shape index (κ2) is 9.06. The van der Waals surface area contributed by atoms with Gasteiger partial charge in [-0.3, -0.25) is 0 Å². The minimum Gasteiger partial charge on any atom is -0.458 e. The lowest BCUT2D eigenvalue weighted by atomic mass is 9.36. The minimum absolute atomic E-state index is 0.0487. The molecule has 3 fully saturated rings. The van der Waals surface area contributed by atoms with E-state index in [4.69, 9.17) is 4.74 Å². The number of fused-ring (bicyclic) bond motifs is 7. The van der Waals surface area contributed by atoms with E-state index in [0.29, 0.717) is 29.4 Å². The van der Waals surface area contributed by atoms with Gasteiger partial charge in [-0.05, 0) is 120 Å². The Bertz CT molecular complexity index is 1240. The first-order valence-electron chi connectivity index (χ1n) is 16.0. The van der Waals surface area contributed by atoms with Crippen LogP contribution in [0.2, 0.25) is 0 Å². The molecule has 6 rings (SSSR count). The van der Waals surface area contributed by atoms with Gasteiger partial charge >= 0.3 is 5.97 Å². The molecule has 5 aliphatic carbocycles. The summed E-state index contributed by atoms with van der Waals surface area (Å²) < 4.78 is 6.25. The Kier molecular flexibility index (Phi) is 6.40. The molecule has 1 aromatic rings. The third-order valence-corrected chi connectivity index (χ3v) is 13.9. The fourth-order valence-corrected chi connectivity index (χ4v) is 10.8. The zero-order chi connectivity index (χ0) is 28.8. The van der Waals surface area contributed by atoms with E-state index < -0.39 is 0 Å². The fraction of sp³-hybridized carbons (Fsp3) is 0.703. The number of aliphatic hydroxyl groups is 1. The summed E-state index contributed by atoms with van der Waals surface area (Å²) in [7, 11) is 0. The predicted octanol–water partition coefficient (Wildman–Crippen LogP) is 8.93. The van der Waals surface area contributed by atoms with Crippen LogP contribution in [0, 0.1) is 44.3 Å². The zero-order valence-electron chi connectivity index (χ0n) is 26.1. The number of hydrogen-bond donors (Lipinski definition) is 1. The maximum Gasteiger partial charge on any atom is 0.338 e. The summed E-state index contributed by atoms with van der Waals surface area (Å²) in [5, 5.41) is 10.4. The summed E-state index contributed by atoms with van der Waals surface area (Å²) in [6.07, 6.45) is 15.4. The van der Waals surface area contributed by atoms with E-state index in [2.05, 4.69) is 60.6 Å². The minimum atomic E-state index is -0.193. The largest absolute Gasteiger partial charge is 0.458 e. The number of aliphatic hydroxyl groups excluding tert-OH is 1. The van der Waals surface area contributed by atoms with Crippen LogP contribution in [-0.4, -0.2) is 23.8 Å². The van der Waals surface area contributed by atoms with Gasteiger partial charge in [-0.15, -0.1) is 0 Å². The quantitative estimate of drug-likeness (QED) is 0.386. The molecule has 0 saturated heterocycles. The summed E-state index contributed by atoms with van der Waals surface area (Å²) in [4.78, 5) is 13.1. The summed E-state index contributed by atoms with van der Waals surface area (Å²) >= 11 is 0. The van der Waals surface area contributed by atoms with E-state index in [0.717, 1.165) is 38.5 Å². The fourth-order valence-electron chi connectivity index (χ4n) is 10.8. The van der Waals surface area contributed by atoms with Crippen molar-refractivity contribution in [3.63, 3.8) is 0 Å². The normalized spacial score (nSPS) is 45.5. The lowest BCUT2D eigenvalue weighted by Gasteiger charge is -2.69. The van der Waals surface area contributed by atoms with Crippen molar-refractivity contribution in [3.05, 3.63) is 59.2 Å². The van der Waals surface area contributed by atoms with Crippen molar-refractivity contribution in [2.45, 2.75) is 112 Å². The summed E-state index contributed by atoms with van der Waals surface area (Å²) in [5.74, 6) is 0.868. The van der Waals surface area contributed by atoms with Crippen molar-refractivity contribution in [2.24, 2.45) is 44.3 Å². The summed E-state index contributed by atoms with van der Waals surface area (Å²) in [5.41, 5.74) is 4.65. The van der Waals surface area contributed by atoms with Gasteiger partial charge in [0.05, 0.1) is 5.56 Å². The number of rotatable bonds is 3. The first-order chi connectivity index (χ1) is 18.7. The van der Waals surface area contributed by atoms with Crippen molar-refractivity contribution in [1.29, 1.82) is 0 Å². The molecule has 40 heavy (non-hydrogen) atoms. The van der Waals surface area contributed by atoms with Gasteiger partial charge in [0, 0.05) is 12.0 Å². The van der Waals surface area contributed by atoms with Crippen molar-refractivity contribution < 1.29 is 14.6 Å². The number of carbonyl (C=O) groups excluding carboxylic acids is 1. The zero-order valence-corrected chi connectivity index (χ0v) is 26.1. The van der Waals surface area contributed by atoms with Crippen LogP contribution in [0.25, 0.3) is 0 Å². The van der Waals surface area contributed by atoms with Gasteiger partial charge in [-0.1, -0.05) is 78.8 Å². The molecule has 0 spiro atoms. The van der Waals surface area contributed by atoms with Gasteiger partial charge < -0.3 is 9.84 Å². The molecule has 0 bridgehead atoms. The SMILES string of the molecule is CC1(C)[C@H]2CC=C3C(=CC[C@]4(C)[C@@H]5C[C@](C)(CO)CC[C@]5(C)CC[C@]34C)[C@@]2(C)CC[C@H]1OC(=O)c1ccccc1. The molecule has 0 aromatic heterocycles. The number of ether oxygens (including phenoxy) is 1. The second-order valence-electron chi connectivity index (χ2n) is 16.4. The molecule has 0 unspecified atom stereocenters. The number of benzene rings is 1. The maximum atomic E-state index is 13.1. The number of allylic oxidation sites excluding steroid dienone is 4. The average Bonchev–Trinajstić information content (AvgIpc) is 2.93. The standard InChI is InChI=1S/C37H52O3/c1-32(2)28-14-13-27-26(35(28,5)17-16-30(32)40-31(39)25-11-9-8-10-12-25)15-18-37(7)29-23-33(3,24-38)19-20-34(29,4)21-22-36(27,37)6/h8-13,15,28-30,38H,14,16-24H2,1-7H3/t28-,29-,30-,33-,34-,35-,36-,37-/m1/s1. The maximum absolute atomic E-state index is 13.1. The molecule has 8 atom stereocenters. The topological polar surface area (TPSA) is 46.5 Å². The van der Waals surface area contributed by atoms with Crippen LogP contribution in [-0.2, 0) is 4.74 Å². The Balaban J connectivity index is 1.32. The molecule has 0 aliphatic heterocycles. The Hall–Kier alpha value is -1.87. The van der Waals surface area contributed by atoms with Gasteiger partial charge in [0.2, 0.25) is 0 Å². The van der Waals surface area contributed by atoms with Gasteiger partial charge in [0.25, 0.3) is 0 Å². The predicted molar refractivity (Wildman–Crippen MR) is 162 cm³/mol. The van der Waals surface area contributed by atoms with Crippen LogP contribution in [0.3, 0.4) is 0 Å².